The van der Waals surface area contributed by atoms with Gasteiger partial charge in [0.05, 0.1) is 6.33 Å². The Labute approximate surface area is 114 Å². The lowest BCUT2D eigenvalue weighted by Crippen LogP contribution is -2.38. The first-order valence-corrected chi connectivity index (χ1v) is 6.93. The topological polar surface area (TPSA) is 61.0 Å². The second-order valence-corrected chi connectivity index (χ2v) is 5.44. The minimum Gasteiger partial charge on any atom is -0.355 e. The Morgan fingerprint density at radius 1 is 1.59 bits per heavy atom. The van der Waals surface area contributed by atoms with Crippen molar-refractivity contribution in [3.8, 4) is 0 Å². The summed E-state index contributed by atoms with van der Waals surface area (Å²) in [6, 6.07) is 0. The van der Waals surface area contributed by atoms with Gasteiger partial charge >= 0.3 is 0 Å². The van der Waals surface area contributed by atoms with Gasteiger partial charge in [-0.25, -0.2) is 4.98 Å². The first kappa shape index (κ1) is 12.8. The van der Waals surface area contributed by atoms with E-state index < -0.39 is 0 Å². The molecule has 17 heavy (non-hydrogen) atoms. The second-order valence-electron chi connectivity index (χ2n) is 4.36. The Hall–Kier alpha value is -0.630. The normalized spacial score (nSPS) is 17.4. The average molecular weight is 348 g/mol. The number of halogens is 1. The smallest absolute Gasteiger partial charge is 0.266 e. The number of anilines is 1. The average Bonchev–Trinajstić information content (AvgIpc) is 2.34. The van der Waals surface area contributed by atoms with Crippen molar-refractivity contribution in [3.05, 3.63) is 20.3 Å². The molecule has 1 fully saturated rings. The van der Waals surface area contributed by atoms with Crippen LogP contribution in [0.4, 0.5) is 5.82 Å². The van der Waals surface area contributed by atoms with E-state index in [-0.39, 0.29) is 5.56 Å². The fourth-order valence-electron chi connectivity index (χ4n) is 2.23. The predicted octanol–water partition coefficient (Wildman–Crippen LogP) is 0.810. The van der Waals surface area contributed by atoms with Gasteiger partial charge in [-0.2, -0.15) is 0 Å². The van der Waals surface area contributed by atoms with E-state index >= 15 is 0 Å². The molecule has 1 aliphatic heterocycles. The fourth-order valence-corrected chi connectivity index (χ4v) is 2.87. The van der Waals surface area contributed by atoms with Gasteiger partial charge in [-0.3, -0.25) is 4.79 Å². The van der Waals surface area contributed by atoms with Crippen LogP contribution in [-0.4, -0.2) is 36.6 Å². The van der Waals surface area contributed by atoms with E-state index in [9.17, 15) is 4.79 Å². The zero-order valence-corrected chi connectivity index (χ0v) is 12.0. The maximum Gasteiger partial charge on any atom is 0.266 e. The number of aromatic nitrogens is 2. The molecule has 1 saturated heterocycles. The number of nitrogens with zero attached hydrogens (tertiary/aromatic N) is 2. The molecule has 2 rings (SSSR count). The zero-order valence-electron chi connectivity index (χ0n) is 9.87. The SMILES string of the molecule is CNCC1CCN(c2nc[nH]c(=O)c2I)CC1. The van der Waals surface area contributed by atoms with Crippen LogP contribution in [0.1, 0.15) is 12.8 Å². The minimum atomic E-state index is -0.0482. The number of hydrogen-bond acceptors (Lipinski definition) is 4. The summed E-state index contributed by atoms with van der Waals surface area (Å²) < 4.78 is 0.692. The molecular weight excluding hydrogens is 331 g/mol. The van der Waals surface area contributed by atoms with E-state index in [0.717, 1.165) is 44.2 Å². The molecule has 0 saturated carbocycles. The molecule has 1 aromatic rings. The maximum absolute atomic E-state index is 11.5. The van der Waals surface area contributed by atoms with Crippen LogP contribution in [0.2, 0.25) is 0 Å². The summed E-state index contributed by atoms with van der Waals surface area (Å²) in [6.45, 7) is 3.05. The molecule has 0 aromatic carbocycles. The lowest BCUT2D eigenvalue weighted by atomic mass is 9.97. The molecule has 1 aromatic heterocycles. The highest BCUT2D eigenvalue weighted by Crippen LogP contribution is 2.23. The van der Waals surface area contributed by atoms with Gasteiger partial charge in [0.25, 0.3) is 5.56 Å². The quantitative estimate of drug-likeness (QED) is 0.794. The fraction of sp³-hybridized carbons (Fsp3) is 0.636. The summed E-state index contributed by atoms with van der Waals surface area (Å²) in [7, 11) is 1.99. The summed E-state index contributed by atoms with van der Waals surface area (Å²) in [5.74, 6) is 1.58. The van der Waals surface area contributed by atoms with Crippen LogP contribution >= 0.6 is 22.6 Å². The van der Waals surface area contributed by atoms with Crippen LogP contribution in [0, 0.1) is 9.49 Å². The first-order valence-electron chi connectivity index (χ1n) is 5.85. The summed E-state index contributed by atoms with van der Waals surface area (Å²) >= 11 is 2.07. The minimum absolute atomic E-state index is 0.0482. The van der Waals surface area contributed by atoms with Crippen LogP contribution in [-0.2, 0) is 0 Å². The molecule has 0 atom stereocenters. The van der Waals surface area contributed by atoms with Crippen molar-refractivity contribution in [1.29, 1.82) is 0 Å². The molecular formula is C11H17IN4O. The summed E-state index contributed by atoms with van der Waals surface area (Å²) in [5.41, 5.74) is -0.0482. The third-order valence-electron chi connectivity index (χ3n) is 3.19. The van der Waals surface area contributed by atoms with Crippen molar-refractivity contribution < 1.29 is 0 Å². The monoisotopic (exact) mass is 348 g/mol. The van der Waals surface area contributed by atoms with Crippen LogP contribution in [0.3, 0.4) is 0 Å². The van der Waals surface area contributed by atoms with E-state index in [2.05, 4.69) is 42.8 Å². The van der Waals surface area contributed by atoms with E-state index in [1.165, 1.54) is 6.33 Å². The highest BCUT2D eigenvalue weighted by atomic mass is 127. The van der Waals surface area contributed by atoms with E-state index in [4.69, 9.17) is 0 Å². The predicted molar refractivity (Wildman–Crippen MR) is 76.4 cm³/mol. The van der Waals surface area contributed by atoms with E-state index in [1.807, 2.05) is 7.05 Å². The molecule has 0 spiro atoms. The number of rotatable bonds is 3. The third kappa shape index (κ3) is 2.98. The molecule has 0 aliphatic carbocycles. The van der Waals surface area contributed by atoms with Gasteiger partial charge in [-0.05, 0) is 54.9 Å². The molecule has 1 aliphatic rings. The Bertz CT molecular complexity index is 426. The summed E-state index contributed by atoms with van der Waals surface area (Å²) in [5, 5.41) is 3.22. The number of hydrogen-bond donors (Lipinski definition) is 2. The standard InChI is InChI=1S/C11H17IN4O/c1-13-6-8-2-4-16(5-3-8)10-9(12)11(17)15-7-14-10/h7-8,13H,2-6H2,1H3,(H,14,15,17). The van der Waals surface area contributed by atoms with Crippen LogP contribution in [0.25, 0.3) is 0 Å². The van der Waals surface area contributed by atoms with Crippen molar-refractivity contribution in [1.82, 2.24) is 15.3 Å². The molecule has 0 radical (unpaired) electrons. The Morgan fingerprint density at radius 2 is 2.29 bits per heavy atom. The van der Waals surface area contributed by atoms with Gasteiger partial charge in [-0.1, -0.05) is 0 Å². The van der Waals surface area contributed by atoms with Crippen molar-refractivity contribution >= 4 is 28.4 Å². The lowest BCUT2D eigenvalue weighted by Gasteiger charge is -2.32. The zero-order chi connectivity index (χ0) is 12.3. The van der Waals surface area contributed by atoms with E-state index in [1.54, 1.807) is 0 Å². The van der Waals surface area contributed by atoms with Gasteiger partial charge in [0, 0.05) is 13.1 Å². The molecule has 6 heteroatoms. The third-order valence-corrected chi connectivity index (χ3v) is 4.16. The Kier molecular flexibility index (Phi) is 4.38. The number of piperidine rings is 1. The highest BCUT2D eigenvalue weighted by Gasteiger charge is 2.21. The van der Waals surface area contributed by atoms with E-state index in [0.29, 0.717) is 3.57 Å². The Morgan fingerprint density at radius 3 is 2.94 bits per heavy atom. The number of nitrogens with one attached hydrogen (secondary N) is 2. The van der Waals surface area contributed by atoms with Gasteiger partial charge in [0.2, 0.25) is 0 Å². The largest absolute Gasteiger partial charge is 0.355 e. The van der Waals surface area contributed by atoms with Gasteiger partial charge in [0.1, 0.15) is 9.39 Å². The van der Waals surface area contributed by atoms with Crippen molar-refractivity contribution in [2.75, 3.05) is 31.6 Å². The lowest BCUT2D eigenvalue weighted by molar-refractivity contribution is 0.392. The molecule has 0 amide bonds. The Balaban J connectivity index is 2.05. The molecule has 0 unspecified atom stereocenters. The van der Waals surface area contributed by atoms with Crippen LogP contribution in [0.5, 0.6) is 0 Å². The van der Waals surface area contributed by atoms with Crippen molar-refractivity contribution in [3.63, 3.8) is 0 Å². The van der Waals surface area contributed by atoms with Crippen molar-refractivity contribution in [2.24, 2.45) is 5.92 Å². The molecule has 94 valence electrons. The molecule has 0 bridgehead atoms. The molecule has 2 heterocycles. The van der Waals surface area contributed by atoms with Crippen LogP contribution < -0.4 is 15.8 Å². The second kappa shape index (κ2) is 5.81. The highest BCUT2D eigenvalue weighted by molar-refractivity contribution is 14.1. The maximum atomic E-state index is 11.5. The van der Waals surface area contributed by atoms with Crippen LogP contribution in [0.15, 0.2) is 11.1 Å². The van der Waals surface area contributed by atoms with Crippen molar-refractivity contribution in [2.45, 2.75) is 12.8 Å². The van der Waals surface area contributed by atoms with Gasteiger partial charge in [0.15, 0.2) is 0 Å². The van der Waals surface area contributed by atoms with Gasteiger partial charge < -0.3 is 15.2 Å². The molecule has 2 N–H and O–H groups in total. The number of aromatic amines is 1. The summed E-state index contributed by atoms with van der Waals surface area (Å²) in [6.07, 6.45) is 3.80. The first-order chi connectivity index (χ1) is 8.22. The molecule has 5 nitrogen and oxygen atoms in total. The van der Waals surface area contributed by atoms with Gasteiger partial charge in [-0.15, -0.1) is 0 Å². The number of H-pyrrole nitrogens is 1. The summed E-state index contributed by atoms with van der Waals surface area (Å²) in [4.78, 5) is 20.6.